The Balaban J connectivity index is 1.70. The molecule has 1 heterocycles. The van der Waals surface area contributed by atoms with Crippen molar-refractivity contribution >= 4 is 21.6 Å². The molecule has 1 aliphatic heterocycles. The molecule has 7 nitrogen and oxygen atoms in total. The first-order valence-corrected chi connectivity index (χ1v) is 11.8. The summed E-state index contributed by atoms with van der Waals surface area (Å²) in [7, 11) is -3.70. The zero-order valence-corrected chi connectivity index (χ0v) is 18.3. The van der Waals surface area contributed by atoms with E-state index in [1.165, 1.54) is 5.56 Å². The molecule has 2 aromatic rings. The highest BCUT2D eigenvalue weighted by atomic mass is 32.2. The number of anilines is 1. The molecule has 0 aliphatic carbocycles. The topological polar surface area (TPSA) is 84.9 Å². The number of hydrogen-bond donors (Lipinski definition) is 1. The van der Waals surface area contributed by atoms with Crippen molar-refractivity contribution in [3.05, 3.63) is 54.1 Å². The monoisotopic (exact) mass is 432 g/mol. The molecule has 2 atom stereocenters. The summed E-state index contributed by atoms with van der Waals surface area (Å²) in [5.41, 5.74) is 1.56. The molecule has 0 bridgehead atoms. The van der Waals surface area contributed by atoms with Gasteiger partial charge in [-0.2, -0.15) is 0 Å². The zero-order valence-electron chi connectivity index (χ0n) is 17.5. The van der Waals surface area contributed by atoms with Gasteiger partial charge in [-0.15, -0.1) is 0 Å². The molecular formula is C22H28N2O5S. The number of hydrogen-bond acceptors (Lipinski definition) is 5. The summed E-state index contributed by atoms with van der Waals surface area (Å²) in [4.78, 5) is 12.8. The summed E-state index contributed by atoms with van der Waals surface area (Å²) >= 11 is 0. The maximum atomic E-state index is 12.8. The van der Waals surface area contributed by atoms with Crippen LogP contribution in [-0.2, 0) is 21.2 Å². The van der Waals surface area contributed by atoms with Gasteiger partial charge < -0.3 is 14.8 Å². The number of nitrogens with zero attached hydrogens (tertiary/aromatic N) is 1. The number of amides is 1. The van der Waals surface area contributed by atoms with Crippen molar-refractivity contribution in [3.63, 3.8) is 0 Å². The van der Waals surface area contributed by atoms with Crippen LogP contribution < -0.4 is 19.1 Å². The van der Waals surface area contributed by atoms with E-state index in [9.17, 15) is 13.2 Å². The lowest BCUT2D eigenvalue weighted by Gasteiger charge is -2.30. The molecule has 1 amide bonds. The van der Waals surface area contributed by atoms with Gasteiger partial charge in [-0.25, -0.2) is 8.42 Å². The summed E-state index contributed by atoms with van der Waals surface area (Å²) in [5.74, 6) is 0.678. The van der Waals surface area contributed by atoms with E-state index in [1.54, 1.807) is 25.1 Å². The van der Waals surface area contributed by atoms with Gasteiger partial charge >= 0.3 is 0 Å². The van der Waals surface area contributed by atoms with Crippen LogP contribution in [0, 0.1) is 0 Å². The lowest BCUT2D eigenvalue weighted by Crippen LogP contribution is -2.50. The molecule has 8 heteroatoms. The highest BCUT2D eigenvalue weighted by molar-refractivity contribution is 7.92. The van der Waals surface area contributed by atoms with E-state index in [0.29, 0.717) is 30.4 Å². The number of carbonyl (C=O) groups excluding carboxylic acids is 1. The molecular weight excluding hydrogens is 404 g/mol. The smallest absolute Gasteiger partial charge is 0.243 e. The number of aryl methyl sites for hydroxylation is 1. The number of fused-ring (bicyclic) bond motifs is 1. The molecule has 0 unspecified atom stereocenters. The van der Waals surface area contributed by atoms with Crippen LogP contribution in [0.25, 0.3) is 0 Å². The van der Waals surface area contributed by atoms with Gasteiger partial charge in [-0.05, 0) is 44.4 Å². The average molecular weight is 433 g/mol. The second-order valence-electron chi connectivity index (χ2n) is 7.50. The van der Waals surface area contributed by atoms with Crippen molar-refractivity contribution in [3.8, 4) is 11.5 Å². The first-order valence-electron chi connectivity index (χ1n) is 9.99. The third-order valence-electron chi connectivity index (χ3n) is 4.97. The predicted molar refractivity (Wildman–Crippen MR) is 117 cm³/mol. The van der Waals surface area contributed by atoms with Gasteiger partial charge in [-0.1, -0.05) is 30.3 Å². The van der Waals surface area contributed by atoms with Gasteiger partial charge in [0.25, 0.3) is 0 Å². The van der Waals surface area contributed by atoms with Crippen molar-refractivity contribution in [2.24, 2.45) is 0 Å². The molecule has 1 aliphatic rings. The van der Waals surface area contributed by atoms with Crippen molar-refractivity contribution in [2.45, 2.75) is 38.8 Å². The minimum absolute atomic E-state index is 0.0955. The number of ether oxygens (including phenoxy) is 2. The van der Waals surface area contributed by atoms with E-state index >= 15 is 0 Å². The highest BCUT2D eigenvalue weighted by Gasteiger charge is 2.30. The molecule has 0 aromatic heterocycles. The number of sulfonamides is 1. The molecule has 0 saturated heterocycles. The van der Waals surface area contributed by atoms with Crippen LogP contribution in [0.1, 0.15) is 25.8 Å². The van der Waals surface area contributed by atoms with E-state index in [4.69, 9.17) is 9.47 Å². The molecule has 0 saturated carbocycles. The largest absolute Gasteiger partial charge is 0.486 e. The standard InChI is InChI=1S/C22H28N2O5S/c1-16(9-10-18-7-5-4-6-8-18)23-22(25)17(2)24(30(3,26)27)19-11-12-20-21(15-19)29-14-13-28-20/h4-8,11-12,15-17H,9-10,13-14H2,1-3H3,(H,23,25)/t16-,17+/m0/s1. The molecule has 30 heavy (non-hydrogen) atoms. The Labute approximate surface area is 178 Å². The molecule has 0 fully saturated rings. The number of benzene rings is 2. The van der Waals surface area contributed by atoms with Gasteiger partial charge in [0.05, 0.1) is 11.9 Å². The summed E-state index contributed by atoms with van der Waals surface area (Å²) in [5, 5.41) is 2.93. The Morgan fingerprint density at radius 2 is 1.73 bits per heavy atom. The SMILES string of the molecule is C[C@H](C(=O)N[C@@H](C)CCc1ccccc1)N(c1ccc2c(c1)OCCO2)S(C)(=O)=O. The summed E-state index contributed by atoms with van der Waals surface area (Å²) in [6, 6.07) is 13.9. The normalized spacial score (nSPS) is 15.2. The van der Waals surface area contributed by atoms with Crippen LogP contribution >= 0.6 is 0 Å². The van der Waals surface area contributed by atoms with Crippen LogP contribution in [0.4, 0.5) is 5.69 Å². The van der Waals surface area contributed by atoms with Crippen LogP contribution in [0.5, 0.6) is 11.5 Å². The number of rotatable bonds is 8. The summed E-state index contributed by atoms with van der Waals surface area (Å²) < 4.78 is 37.2. The quantitative estimate of drug-likeness (QED) is 0.693. The Morgan fingerprint density at radius 1 is 1.07 bits per heavy atom. The fraction of sp³-hybridized carbons (Fsp3) is 0.409. The van der Waals surface area contributed by atoms with Crippen LogP contribution in [0.3, 0.4) is 0 Å². The van der Waals surface area contributed by atoms with E-state index < -0.39 is 16.1 Å². The van der Waals surface area contributed by atoms with E-state index in [1.807, 2.05) is 37.3 Å². The molecule has 0 radical (unpaired) electrons. The van der Waals surface area contributed by atoms with Crippen LogP contribution in [0.15, 0.2) is 48.5 Å². The maximum Gasteiger partial charge on any atom is 0.243 e. The zero-order chi connectivity index (χ0) is 21.7. The van der Waals surface area contributed by atoms with Crippen LogP contribution in [-0.4, -0.2) is 45.9 Å². The average Bonchev–Trinajstić information content (AvgIpc) is 2.72. The first-order chi connectivity index (χ1) is 14.3. The second-order valence-corrected chi connectivity index (χ2v) is 9.36. The third-order valence-corrected chi connectivity index (χ3v) is 6.21. The van der Waals surface area contributed by atoms with E-state index in [0.717, 1.165) is 23.4 Å². The van der Waals surface area contributed by atoms with Crippen molar-refractivity contribution < 1.29 is 22.7 Å². The molecule has 3 rings (SSSR count). The fourth-order valence-corrected chi connectivity index (χ4v) is 4.61. The first kappa shape index (κ1) is 22.0. The van der Waals surface area contributed by atoms with Crippen molar-refractivity contribution in [1.29, 1.82) is 0 Å². The lowest BCUT2D eigenvalue weighted by atomic mass is 10.1. The molecule has 1 N–H and O–H groups in total. The predicted octanol–water partition coefficient (Wildman–Crippen LogP) is 2.75. The second kappa shape index (κ2) is 9.38. The minimum Gasteiger partial charge on any atom is -0.486 e. The lowest BCUT2D eigenvalue weighted by molar-refractivity contribution is -0.122. The minimum atomic E-state index is -3.70. The maximum absolute atomic E-state index is 12.8. The van der Waals surface area contributed by atoms with Crippen molar-refractivity contribution in [2.75, 3.05) is 23.8 Å². The molecule has 0 spiro atoms. The Morgan fingerprint density at radius 3 is 2.40 bits per heavy atom. The van der Waals surface area contributed by atoms with Gasteiger partial charge in [0, 0.05) is 12.1 Å². The molecule has 162 valence electrons. The van der Waals surface area contributed by atoms with Gasteiger partial charge in [0.1, 0.15) is 19.3 Å². The number of nitrogens with one attached hydrogen (secondary N) is 1. The Bertz CT molecular complexity index is 978. The summed E-state index contributed by atoms with van der Waals surface area (Å²) in [6.07, 6.45) is 2.67. The highest BCUT2D eigenvalue weighted by Crippen LogP contribution is 2.35. The summed E-state index contributed by atoms with van der Waals surface area (Å²) in [6.45, 7) is 4.34. The fourth-order valence-electron chi connectivity index (χ4n) is 3.44. The van der Waals surface area contributed by atoms with Gasteiger partial charge in [0.15, 0.2) is 11.5 Å². The third kappa shape index (κ3) is 5.44. The Hall–Kier alpha value is -2.74. The Kier molecular flexibility index (Phi) is 6.87. The van der Waals surface area contributed by atoms with Crippen molar-refractivity contribution in [1.82, 2.24) is 5.32 Å². The van der Waals surface area contributed by atoms with Gasteiger partial charge in [0.2, 0.25) is 15.9 Å². The number of carbonyl (C=O) groups is 1. The van der Waals surface area contributed by atoms with E-state index in [2.05, 4.69) is 5.32 Å². The van der Waals surface area contributed by atoms with Crippen LogP contribution in [0.2, 0.25) is 0 Å². The van der Waals surface area contributed by atoms with E-state index in [-0.39, 0.29) is 11.9 Å². The molecule has 2 aromatic carbocycles. The van der Waals surface area contributed by atoms with Gasteiger partial charge in [-0.3, -0.25) is 9.10 Å².